The third-order valence-corrected chi connectivity index (χ3v) is 2.99. The maximum Gasteiger partial charge on any atom is 0.111 e. The second kappa shape index (κ2) is 3.93. The van der Waals surface area contributed by atoms with E-state index in [0.717, 1.165) is 22.1 Å². The SMILES string of the molecule is CNCc1c(Cl)[nH]c2cc(Br)ccc12. The lowest BCUT2D eigenvalue weighted by atomic mass is 10.2. The van der Waals surface area contributed by atoms with Gasteiger partial charge >= 0.3 is 0 Å². The molecule has 2 aromatic rings. The van der Waals surface area contributed by atoms with E-state index in [9.17, 15) is 0 Å². The minimum absolute atomic E-state index is 0.715. The van der Waals surface area contributed by atoms with Crippen LogP contribution in [0, 0.1) is 0 Å². The van der Waals surface area contributed by atoms with Crippen molar-refractivity contribution in [3.05, 3.63) is 33.4 Å². The zero-order chi connectivity index (χ0) is 10.1. The first-order chi connectivity index (χ1) is 6.72. The lowest BCUT2D eigenvalue weighted by molar-refractivity contribution is 0.823. The number of H-pyrrole nitrogens is 1. The molecule has 0 aliphatic carbocycles. The van der Waals surface area contributed by atoms with Gasteiger partial charge in [-0.1, -0.05) is 33.6 Å². The fourth-order valence-corrected chi connectivity index (χ4v) is 2.18. The van der Waals surface area contributed by atoms with Crippen LogP contribution in [0.4, 0.5) is 0 Å². The Labute approximate surface area is 95.8 Å². The third-order valence-electron chi connectivity index (χ3n) is 2.17. The van der Waals surface area contributed by atoms with Crippen LogP contribution >= 0.6 is 27.5 Å². The minimum Gasteiger partial charge on any atom is -0.345 e. The number of benzene rings is 1. The molecular formula is C10H10BrClN2. The Hall–Kier alpha value is -0.510. The molecule has 1 heterocycles. The Bertz CT molecular complexity index is 464. The molecule has 74 valence electrons. The van der Waals surface area contributed by atoms with Gasteiger partial charge in [-0.25, -0.2) is 0 Å². The van der Waals surface area contributed by atoms with Crippen LogP contribution in [0.25, 0.3) is 10.9 Å². The smallest absolute Gasteiger partial charge is 0.111 e. The summed E-state index contributed by atoms with van der Waals surface area (Å²) in [7, 11) is 1.91. The molecule has 2 rings (SSSR count). The number of aromatic nitrogens is 1. The number of hydrogen-bond donors (Lipinski definition) is 2. The molecule has 0 atom stereocenters. The number of aromatic amines is 1. The molecule has 1 aromatic heterocycles. The lowest BCUT2D eigenvalue weighted by Crippen LogP contribution is -2.04. The van der Waals surface area contributed by atoms with Gasteiger partial charge in [0.1, 0.15) is 5.15 Å². The molecule has 0 unspecified atom stereocenters. The summed E-state index contributed by atoms with van der Waals surface area (Å²) in [5, 5.41) is 4.99. The van der Waals surface area contributed by atoms with Gasteiger partial charge < -0.3 is 10.3 Å². The van der Waals surface area contributed by atoms with Gasteiger partial charge in [0, 0.05) is 27.5 Å². The van der Waals surface area contributed by atoms with Crippen molar-refractivity contribution in [1.82, 2.24) is 10.3 Å². The lowest BCUT2D eigenvalue weighted by Gasteiger charge is -1.98. The second-order valence-corrected chi connectivity index (χ2v) is 4.43. The maximum absolute atomic E-state index is 6.09. The van der Waals surface area contributed by atoms with Gasteiger partial charge in [0.2, 0.25) is 0 Å². The molecule has 0 bridgehead atoms. The summed E-state index contributed by atoms with van der Waals surface area (Å²) in [5.41, 5.74) is 2.19. The Morgan fingerprint density at radius 1 is 1.50 bits per heavy atom. The molecule has 1 aromatic carbocycles. The van der Waals surface area contributed by atoms with Gasteiger partial charge in [0.15, 0.2) is 0 Å². The average molecular weight is 274 g/mol. The van der Waals surface area contributed by atoms with Crippen LogP contribution in [0.2, 0.25) is 5.15 Å². The van der Waals surface area contributed by atoms with Crippen LogP contribution in [0.3, 0.4) is 0 Å². The number of hydrogen-bond acceptors (Lipinski definition) is 1. The zero-order valence-electron chi connectivity index (χ0n) is 7.70. The summed E-state index contributed by atoms with van der Waals surface area (Å²) < 4.78 is 1.05. The maximum atomic E-state index is 6.09. The minimum atomic E-state index is 0.715. The number of halogens is 2. The van der Waals surface area contributed by atoms with Gasteiger partial charge in [-0.05, 0) is 19.2 Å². The molecule has 0 aliphatic heterocycles. The van der Waals surface area contributed by atoms with E-state index in [0.29, 0.717) is 5.15 Å². The van der Waals surface area contributed by atoms with Gasteiger partial charge in [-0.2, -0.15) is 0 Å². The van der Waals surface area contributed by atoms with E-state index in [1.54, 1.807) is 0 Å². The van der Waals surface area contributed by atoms with Crippen molar-refractivity contribution in [2.45, 2.75) is 6.54 Å². The Morgan fingerprint density at radius 2 is 2.29 bits per heavy atom. The molecule has 0 aliphatic rings. The molecular weight excluding hydrogens is 263 g/mol. The largest absolute Gasteiger partial charge is 0.345 e. The van der Waals surface area contributed by atoms with Crippen LogP contribution in [0.5, 0.6) is 0 Å². The molecule has 0 radical (unpaired) electrons. The van der Waals surface area contributed by atoms with E-state index in [1.165, 1.54) is 5.39 Å². The highest BCUT2D eigenvalue weighted by atomic mass is 79.9. The highest BCUT2D eigenvalue weighted by Gasteiger charge is 2.08. The summed E-state index contributed by atoms with van der Waals surface area (Å²) in [6.45, 7) is 0.778. The molecule has 0 amide bonds. The summed E-state index contributed by atoms with van der Waals surface area (Å²) in [4.78, 5) is 3.15. The van der Waals surface area contributed by atoms with Crippen molar-refractivity contribution in [3.8, 4) is 0 Å². The predicted molar refractivity (Wildman–Crippen MR) is 63.8 cm³/mol. The van der Waals surface area contributed by atoms with Crippen LogP contribution in [-0.2, 0) is 6.54 Å². The highest BCUT2D eigenvalue weighted by molar-refractivity contribution is 9.10. The van der Waals surface area contributed by atoms with Crippen molar-refractivity contribution >= 4 is 38.4 Å². The Morgan fingerprint density at radius 3 is 3.00 bits per heavy atom. The van der Waals surface area contributed by atoms with Crippen molar-refractivity contribution in [2.75, 3.05) is 7.05 Å². The Balaban J connectivity index is 2.64. The average Bonchev–Trinajstić information content (AvgIpc) is 2.43. The molecule has 14 heavy (non-hydrogen) atoms. The molecule has 2 N–H and O–H groups in total. The normalized spacial score (nSPS) is 11.1. The van der Waals surface area contributed by atoms with Crippen molar-refractivity contribution in [3.63, 3.8) is 0 Å². The first-order valence-corrected chi connectivity index (χ1v) is 5.49. The fourth-order valence-electron chi connectivity index (χ4n) is 1.54. The van der Waals surface area contributed by atoms with Crippen molar-refractivity contribution in [1.29, 1.82) is 0 Å². The fraction of sp³-hybridized carbons (Fsp3) is 0.200. The molecule has 0 spiro atoms. The van der Waals surface area contributed by atoms with Gasteiger partial charge in [0.25, 0.3) is 0 Å². The summed E-state index contributed by atoms with van der Waals surface area (Å²) in [6, 6.07) is 6.11. The molecule has 0 fully saturated rings. The number of rotatable bonds is 2. The van der Waals surface area contributed by atoms with E-state index >= 15 is 0 Å². The standard InChI is InChI=1S/C10H10BrClN2/c1-13-5-8-7-3-2-6(11)4-9(7)14-10(8)12/h2-4,13-14H,5H2,1H3. The Kier molecular flexibility index (Phi) is 2.81. The van der Waals surface area contributed by atoms with E-state index in [4.69, 9.17) is 11.6 Å². The number of fused-ring (bicyclic) bond motifs is 1. The van der Waals surface area contributed by atoms with Gasteiger partial charge in [-0.3, -0.25) is 0 Å². The van der Waals surface area contributed by atoms with E-state index in [1.807, 2.05) is 19.2 Å². The summed E-state index contributed by atoms with van der Waals surface area (Å²) >= 11 is 9.51. The van der Waals surface area contributed by atoms with Crippen LogP contribution in [0.1, 0.15) is 5.56 Å². The predicted octanol–water partition coefficient (Wildman–Crippen LogP) is 3.30. The van der Waals surface area contributed by atoms with Crippen molar-refractivity contribution < 1.29 is 0 Å². The quantitative estimate of drug-likeness (QED) is 0.863. The molecule has 2 nitrogen and oxygen atoms in total. The summed E-state index contributed by atoms with van der Waals surface area (Å²) in [5.74, 6) is 0. The molecule has 0 saturated heterocycles. The van der Waals surface area contributed by atoms with Crippen molar-refractivity contribution in [2.24, 2.45) is 0 Å². The molecule has 4 heteroatoms. The monoisotopic (exact) mass is 272 g/mol. The van der Waals surface area contributed by atoms with Crippen LogP contribution in [0.15, 0.2) is 22.7 Å². The second-order valence-electron chi connectivity index (χ2n) is 3.14. The topological polar surface area (TPSA) is 27.8 Å². The first-order valence-electron chi connectivity index (χ1n) is 4.32. The third kappa shape index (κ3) is 1.67. The van der Waals surface area contributed by atoms with E-state index in [-0.39, 0.29) is 0 Å². The molecule has 0 saturated carbocycles. The zero-order valence-corrected chi connectivity index (χ0v) is 10.0. The van der Waals surface area contributed by atoms with Gasteiger partial charge in [0.05, 0.1) is 0 Å². The van der Waals surface area contributed by atoms with E-state index in [2.05, 4.69) is 32.3 Å². The van der Waals surface area contributed by atoms with Crippen LogP contribution in [-0.4, -0.2) is 12.0 Å². The number of nitrogens with one attached hydrogen (secondary N) is 2. The van der Waals surface area contributed by atoms with Crippen LogP contribution < -0.4 is 5.32 Å². The van der Waals surface area contributed by atoms with Gasteiger partial charge in [-0.15, -0.1) is 0 Å². The summed E-state index contributed by atoms with van der Waals surface area (Å²) in [6.07, 6.45) is 0. The highest BCUT2D eigenvalue weighted by Crippen LogP contribution is 2.28. The van der Waals surface area contributed by atoms with E-state index < -0.39 is 0 Å². The first kappa shape index (κ1) is 10.0.